The van der Waals surface area contributed by atoms with Crippen LogP contribution in [0.15, 0.2) is 59.9 Å². The fourth-order valence-electron chi connectivity index (χ4n) is 3.56. The van der Waals surface area contributed by atoms with Crippen LogP contribution in [0, 0.1) is 19.7 Å². The van der Waals surface area contributed by atoms with Crippen molar-refractivity contribution < 1.29 is 19.1 Å². The van der Waals surface area contributed by atoms with Gasteiger partial charge in [-0.3, -0.25) is 14.5 Å². The maximum absolute atomic E-state index is 14.8. The maximum atomic E-state index is 14.8. The smallest absolute Gasteiger partial charge is 0.294 e. The van der Waals surface area contributed by atoms with Crippen LogP contribution in [0.25, 0.3) is 0 Å². The Morgan fingerprint density at radius 2 is 1.83 bits per heavy atom. The van der Waals surface area contributed by atoms with E-state index >= 15 is 0 Å². The van der Waals surface area contributed by atoms with Gasteiger partial charge in [0.05, 0.1) is 27.2 Å². The molecule has 1 atom stereocenters. The molecular formula is C22H16ClFN2O3S. The van der Waals surface area contributed by atoms with Gasteiger partial charge in [-0.05, 0) is 44.2 Å². The maximum Gasteiger partial charge on any atom is 0.294 e. The third kappa shape index (κ3) is 3.30. The lowest BCUT2D eigenvalue weighted by Crippen LogP contribution is -2.31. The number of aliphatic hydroxyl groups is 1. The van der Waals surface area contributed by atoms with E-state index in [9.17, 15) is 19.1 Å². The van der Waals surface area contributed by atoms with Gasteiger partial charge in [-0.25, -0.2) is 9.37 Å². The van der Waals surface area contributed by atoms with E-state index in [1.54, 1.807) is 44.2 Å². The highest BCUT2D eigenvalue weighted by Crippen LogP contribution is 2.43. The molecule has 1 N–H and O–H groups in total. The first-order valence-electron chi connectivity index (χ1n) is 9.05. The van der Waals surface area contributed by atoms with Gasteiger partial charge in [-0.15, -0.1) is 11.3 Å². The highest BCUT2D eigenvalue weighted by atomic mass is 35.5. The number of hydrogen-bond donors (Lipinski definition) is 1. The number of aromatic nitrogens is 1. The minimum atomic E-state index is -1.13. The molecule has 5 nitrogen and oxygen atoms in total. The molecule has 0 radical (unpaired) electrons. The first-order valence-corrected chi connectivity index (χ1v) is 10.2. The van der Waals surface area contributed by atoms with E-state index in [0.29, 0.717) is 26.3 Å². The van der Waals surface area contributed by atoms with Crippen molar-refractivity contribution in [2.45, 2.75) is 19.9 Å². The fraction of sp³-hybridized carbons (Fsp3) is 0.136. The zero-order chi connectivity index (χ0) is 21.6. The lowest BCUT2D eigenvalue weighted by Gasteiger charge is -2.27. The lowest BCUT2D eigenvalue weighted by molar-refractivity contribution is -0.117. The Morgan fingerprint density at radius 3 is 2.43 bits per heavy atom. The van der Waals surface area contributed by atoms with Crippen LogP contribution in [0.5, 0.6) is 0 Å². The van der Waals surface area contributed by atoms with Crippen molar-refractivity contribution in [2.24, 2.45) is 0 Å². The Morgan fingerprint density at radius 1 is 1.17 bits per heavy atom. The van der Waals surface area contributed by atoms with Crippen LogP contribution in [-0.2, 0) is 4.79 Å². The number of halogens is 2. The molecule has 3 aromatic rings. The molecule has 0 fully saturated rings. The predicted octanol–water partition coefficient (Wildman–Crippen LogP) is 5.34. The number of carbonyl (C=O) groups is 2. The molecule has 1 unspecified atom stereocenters. The standard InChI is InChI=1S/C22H16ClFN2O3S/c1-11-21(30-12(2)25-11)19(27)17-18(15-5-3-4-6-16(15)24)26(22(29)20(17)28)14-9-7-13(23)8-10-14/h3-10,18,28H,1-2H3. The number of aryl methyl sites for hydroxylation is 2. The predicted molar refractivity (Wildman–Crippen MR) is 114 cm³/mol. The molecule has 1 aromatic heterocycles. The van der Waals surface area contributed by atoms with Crippen molar-refractivity contribution in [2.75, 3.05) is 4.90 Å². The minimum Gasteiger partial charge on any atom is -0.503 e. The van der Waals surface area contributed by atoms with Crippen molar-refractivity contribution in [1.29, 1.82) is 0 Å². The highest BCUT2D eigenvalue weighted by molar-refractivity contribution is 7.14. The number of rotatable bonds is 4. The molecular weight excluding hydrogens is 427 g/mol. The van der Waals surface area contributed by atoms with Crippen LogP contribution < -0.4 is 4.90 Å². The molecule has 2 heterocycles. The molecule has 152 valence electrons. The molecule has 0 saturated carbocycles. The van der Waals surface area contributed by atoms with E-state index in [-0.39, 0.29) is 11.1 Å². The third-order valence-corrected chi connectivity index (χ3v) is 6.19. The van der Waals surface area contributed by atoms with Gasteiger partial charge in [0, 0.05) is 16.3 Å². The second-order valence-electron chi connectivity index (χ2n) is 6.81. The molecule has 1 aliphatic rings. The second kappa shape index (κ2) is 7.66. The van der Waals surface area contributed by atoms with Crippen molar-refractivity contribution in [3.63, 3.8) is 0 Å². The molecule has 8 heteroatoms. The molecule has 0 spiro atoms. The first kappa shape index (κ1) is 20.3. The average Bonchev–Trinajstić information content (AvgIpc) is 3.18. The SMILES string of the molecule is Cc1nc(C)c(C(=O)C2=C(O)C(=O)N(c3ccc(Cl)cc3)C2c2ccccc2F)s1. The number of hydrogen-bond acceptors (Lipinski definition) is 5. The number of ketones is 1. The summed E-state index contributed by atoms with van der Waals surface area (Å²) in [5, 5.41) is 11.8. The Kier molecular flexibility index (Phi) is 5.17. The summed E-state index contributed by atoms with van der Waals surface area (Å²) < 4.78 is 14.8. The number of Topliss-reactive ketones (excluding diaryl/α,β-unsaturated/α-hetero) is 1. The summed E-state index contributed by atoms with van der Waals surface area (Å²) >= 11 is 7.12. The van der Waals surface area contributed by atoms with Gasteiger partial charge in [0.2, 0.25) is 5.78 Å². The third-order valence-electron chi connectivity index (χ3n) is 4.87. The topological polar surface area (TPSA) is 70.5 Å². The van der Waals surface area contributed by atoms with Crippen LogP contribution in [0.2, 0.25) is 5.02 Å². The summed E-state index contributed by atoms with van der Waals surface area (Å²) in [4.78, 5) is 32.2. The molecule has 0 aliphatic carbocycles. The van der Waals surface area contributed by atoms with Crippen LogP contribution >= 0.6 is 22.9 Å². The van der Waals surface area contributed by atoms with Crippen molar-refractivity contribution >= 4 is 40.3 Å². The van der Waals surface area contributed by atoms with E-state index < -0.39 is 29.3 Å². The molecule has 0 bridgehead atoms. The number of amides is 1. The number of anilines is 1. The number of thiazole rings is 1. The summed E-state index contributed by atoms with van der Waals surface area (Å²) in [6.45, 7) is 3.44. The van der Waals surface area contributed by atoms with Gasteiger partial charge in [0.25, 0.3) is 5.91 Å². The fourth-order valence-corrected chi connectivity index (χ4v) is 4.56. The molecule has 0 saturated heterocycles. The van der Waals surface area contributed by atoms with Crippen LogP contribution in [0.1, 0.15) is 32.0 Å². The Hall–Kier alpha value is -3.03. The number of nitrogens with zero attached hydrogens (tertiary/aromatic N) is 2. The number of aliphatic hydroxyl groups excluding tert-OH is 1. The van der Waals surface area contributed by atoms with Crippen molar-refractivity contribution in [3.05, 3.63) is 91.8 Å². The van der Waals surface area contributed by atoms with Gasteiger partial charge in [0.15, 0.2) is 5.76 Å². The first-order chi connectivity index (χ1) is 14.3. The van der Waals surface area contributed by atoms with Crippen LogP contribution in [-0.4, -0.2) is 21.8 Å². The average molecular weight is 443 g/mol. The van der Waals surface area contributed by atoms with Gasteiger partial charge in [-0.1, -0.05) is 29.8 Å². The lowest BCUT2D eigenvalue weighted by atomic mass is 9.94. The zero-order valence-electron chi connectivity index (χ0n) is 16.0. The Balaban J connectivity index is 1.92. The summed E-state index contributed by atoms with van der Waals surface area (Å²) in [6, 6.07) is 11.1. The molecule has 4 rings (SSSR count). The summed E-state index contributed by atoms with van der Waals surface area (Å²) in [5.74, 6) is -2.62. The van der Waals surface area contributed by atoms with E-state index in [4.69, 9.17) is 11.6 Å². The summed E-state index contributed by atoms with van der Waals surface area (Å²) in [5.41, 5.74) is 0.801. The van der Waals surface area contributed by atoms with Gasteiger partial charge >= 0.3 is 0 Å². The van der Waals surface area contributed by atoms with Crippen LogP contribution in [0.4, 0.5) is 10.1 Å². The van der Waals surface area contributed by atoms with E-state index in [2.05, 4.69) is 4.98 Å². The largest absolute Gasteiger partial charge is 0.503 e. The van der Waals surface area contributed by atoms with E-state index in [1.807, 2.05) is 0 Å². The molecule has 30 heavy (non-hydrogen) atoms. The van der Waals surface area contributed by atoms with Crippen LogP contribution in [0.3, 0.4) is 0 Å². The van der Waals surface area contributed by atoms with Crippen molar-refractivity contribution in [1.82, 2.24) is 4.98 Å². The number of carbonyl (C=O) groups excluding carboxylic acids is 2. The zero-order valence-corrected chi connectivity index (χ0v) is 17.6. The monoisotopic (exact) mass is 442 g/mol. The molecule has 1 amide bonds. The minimum absolute atomic E-state index is 0.104. The normalized spacial score (nSPS) is 16.5. The number of benzene rings is 2. The second-order valence-corrected chi connectivity index (χ2v) is 8.45. The Bertz CT molecular complexity index is 1200. The molecule has 1 aliphatic heterocycles. The van der Waals surface area contributed by atoms with E-state index in [1.165, 1.54) is 34.4 Å². The van der Waals surface area contributed by atoms with E-state index in [0.717, 1.165) is 0 Å². The Labute approximate surface area is 181 Å². The van der Waals surface area contributed by atoms with Gasteiger partial charge in [-0.2, -0.15) is 0 Å². The van der Waals surface area contributed by atoms with Gasteiger partial charge in [0.1, 0.15) is 5.82 Å². The highest BCUT2D eigenvalue weighted by Gasteiger charge is 2.46. The molecule has 2 aromatic carbocycles. The van der Waals surface area contributed by atoms with Crippen molar-refractivity contribution in [3.8, 4) is 0 Å². The quantitative estimate of drug-likeness (QED) is 0.554. The summed E-state index contributed by atoms with van der Waals surface area (Å²) in [7, 11) is 0. The van der Waals surface area contributed by atoms with Gasteiger partial charge < -0.3 is 5.11 Å². The summed E-state index contributed by atoms with van der Waals surface area (Å²) in [6.07, 6.45) is 0.